The Kier molecular flexibility index (Phi) is 3.56. The van der Waals surface area contributed by atoms with E-state index >= 15 is 0 Å². The zero-order chi connectivity index (χ0) is 16.9. The Morgan fingerprint density at radius 1 is 1.25 bits per heavy atom. The first kappa shape index (κ1) is 15.8. The Morgan fingerprint density at radius 3 is 2.88 bits per heavy atom. The Balaban J connectivity index is 1.71. The molecule has 126 valence electrons. The minimum atomic E-state index is 0.0472. The van der Waals surface area contributed by atoms with Crippen molar-refractivity contribution in [2.24, 2.45) is 16.7 Å². The molecule has 0 heterocycles. The van der Waals surface area contributed by atoms with Crippen molar-refractivity contribution in [1.82, 2.24) is 0 Å². The number of fused-ring (bicyclic) bond motifs is 4. The second-order valence-corrected chi connectivity index (χ2v) is 8.44. The number of carbonyl (C=O) groups is 2. The molecule has 2 unspecified atom stereocenters. The van der Waals surface area contributed by atoms with E-state index in [1.54, 1.807) is 5.57 Å². The third-order valence-corrected chi connectivity index (χ3v) is 7.08. The van der Waals surface area contributed by atoms with Crippen LogP contribution in [0, 0.1) is 16.7 Å². The van der Waals surface area contributed by atoms with Crippen LogP contribution in [0.15, 0.2) is 46.6 Å². The SMILES string of the molecule is CC12CCC(=O)C=C1C=CC1=C2CCC2C1=CC[C@@]2(C)CCC=O. The summed E-state index contributed by atoms with van der Waals surface area (Å²) in [7, 11) is 0. The van der Waals surface area contributed by atoms with E-state index in [0.717, 1.165) is 32.0 Å². The highest BCUT2D eigenvalue weighted by Crippen LogP contribution is 2.59. The summed E-state index contributed by atoms with van der Waals surface area (Å²) in [5, 5.41) is 0. The van der Waals surface area contributed by atoms with Crippen LogP contribution in [0.1, 0.15) is 58.8 Å². The predicted octanol–water partition coefficient (Wildman–Crippen LogP) is 4.87. The molecule has 0 spiro atoms. The number of hydrogen-bond donors (Lipinski definition) is 0. The van der Waals surface area contributed by atoms with Crippen molar-refractivity contribution in [3.63, 3.8) is 0 Å². The normalized spacial score (nSPS) is 37.4. The molecule has 0 N–H and O–H groups in total. The topological polar surface area (TPSA) is 34.1 Å². The van der Waals surface area contributed by atoms with Crippen molar-refractivity contribution in [2.45, 2.75) is 58.8 Å². The monoisotopic (exact) mass is 322 g/mol. The molecular formula is C22H26O2. The van der Waals surface area contributed by atoms with Gasteiger partial charge in [0.1, 0.15) is 6.29 Å². The van der Waals surface area contributed by atoms with Crippen LogP contribution in [0.3, 0.4) is 0 Å². The zero-order valence-corrected chi connectivity index (χ0v) is 14.7. The van der Waals surface area contributed by atoms with Gasteiger partial charge in [-0.3, -0.25) is 4.79 Å². The molecule has 0 saturated carbocycles. The van der Waals surface area contributed by atoms with E-state index in [-0.39, 0.29) is 16.6 Å². The van der Waals surface area contributed by atoms with Crippen molar-refractivity contribution in [1.29, 1.82) is 0 Å². The van der Waals surface area contributed by atoms with Crippen LogP contribution >= 0.6 is 0 Å². The maximum atomic E-state index is 11.8. The lowest BCUT2D eigenvalue weighted by Gasteiger charge is -2.45. The van der Waals surface area contributed by atoms with Gasteiger partial charge in [-0.1, -0.05) is 37.6 Å². The molecule has 4 aliphatic carbocycles. The van der Waals surface area contributed by atoms with E-state index in [4.69, 9.17) is 0 Å². The second-order valence-electron chi connectivity index (χ2n) is 8.44. The molecule has 24 heavy (non-hydrogen) atoms. The molecule has 2 heteroatoms. The summed E-state index contributed by atoms with van der Waals surface area (Å²) in [6.45, 7) is 4.68. The summed E-state index contributed by atoms with van der Waals surface area (Å²) in [6, 6.07) is 0. The van der Waals surface area contributed by atoms with Gasteiger partial charge in [-0.15, -0.1) is 0 Å². The lowest BCUT2D eigenvalue weighted by Crippen LogP contribution is -2.34. The molecule has 0 saturated heterocycles. The number of allylic oxidation sites excluding steroid dienone is 8. The molecule has 0 aliphatic heterocycles. The molecule has 4 rings (SSSR count). The van der Waals surface area contributed by atoms with E-state index in [0.29, 0.717) is 18.8 Å². The van der Waals surface area contributed by atoms with Gasteiger partial charge in [0.15, 0.2) is 5.78 Å². The fourth-order valence-corrected chi connectivity index (χ4v) is 5.49. The van der Waals surface area contributed by atoms with Crippen molar-refractivity contribution >= 4 is 12.1 Å². The van der Waals surface area contributed by atoms with Crippen molar-refractivity contribution in [3.05, 3.63) is 46.6 Å². The van der Waals surface area contributed by atoms with Gasteiger partial charge in [-0.25, -0.2) is 0 Å². The molecule has 0 bridgehead atoms. The lowest BCUT2D eigenvalue weighted by atomic mass is 9.58. The molecule has 0 amide bonds. The van der Waals surface area contributed by atoms with Gasteiger partial charge in [0.05, 0.1) is 0 Å². The molecule has 0 aromatic carbocycles. The van der Waals surface area contributed by atoms with Gasteiger partial charge in [0.25, 0.3) is 0 Å². The number of carbonyl (C=O) groups excluding carboxylic acids is 2. The largest absolute Gasteiger partial charge is 0.303 e. The Labute approximate surface area is 144 Å². The fourth-order valence-electron chi connectivity index (χ4n) is 5.49. The Bertz CT molecular complexity index is 733. The summed E-state index contributed by atoms with van der Waals surface area (Å²) in [5.74, 6) is 0.853. The lowest BCUT2D eigenvalue weighted by molar-refractivity contribution is -0.115. The molecule has 4 aliphatic rings. The smallest absolute Gasteiger partial charge is 0.156 e. The molecule has 0 aromatic heterocycles. The number of aldehydes is 1. The van der Waals surface area contributed by atoms with Crippen LogP contribution in [0.5, 0.6) is 0 Å². The van der Waals surface area contributed by atoms with Crippen molar-refractivity contribution in [2.75, 3.05) is 0 Å². The summed E-state index contributed by atoms with van der Waals surface area (Å²) in [6.07, 6.45) is 16.5. The van der Waals surface area contributed by atoms with Gasteiger partial charge in [-0.05, 0) is 66.2 Å². The standard InChI is InChI=1S/C22H26O2/c1-21(10-3-13-23)11-9-18-17-5-4-15-14-16(24)8-12-22(15,2)20(17)7-6-19(18)21/h4-5,9,13-14,19H,3,6-8,10-12H2,1-2H3/t19?,21-,22?/m1/s1. The quantitative estimate of drug-likeness (QED) is 0.694. The maximum Gasteiger partial charge on any atom is 0.156 e. The van der Waals surface area contributed by atoms with E-state index in [9.17, 15) is 9.59 Å². The van der Waals surface area contributed by atoms with Crippen LogP contribution in [0.4, 0.5) is 0 Å². The minimum absolute atomic E-state index is 0.0472. The van der Waals surface area contributed by atoms with E-state index in [2.05, 4.69) is 32.1 Å². The third kappa shape index (κ3) is 2.15. The molecule has 0 radical (unpaired) electrons. The third-order valence-electron chi connectivity index (χ3n) is 7.08. The number of hydrogen-bond acceptors (Lipinski definition) is 2. The molecular weight excluding hydrogens is 296 g/mol. The highest BCUT2D eigenvalue weighted by Gasteiger charge is 2.47. The zero-order valence-electron chi connectivity index (χ0n) is 14.7. The van der Waals surface area contributed by atoms with Crippen LogP contribution in [-0.4, -0.2) is 12.1 Å². The second kappa shape index (κ2) is 5.40. The van der Waals surface area contributed by atoms with Crippen molar-refractivity contribution in [3.8, 4) is 0 Å². The molecule has 3 atom stereocenters. The minimum Gasteiger partial charge on any atom is -0.303 e. The highest BCUT2D eigenvalue weighted by molar-refractivity contribution is 5.92. The highest BCUT2D eigenvalue weighted by atomic mass is 16.1. The summed E-state index contributed by atoms with van der Waals surface area (Å²) in [4.78, 5) is 22.7. The van der Waals surface area contributed by atoms with E-state index < -0.39 is 0 Å². The van der Waals surface area contributed by atoms with Gasteiger partial charge in [-0.2, -0.15) is 0 Å². The molecule has 0 aromatic rings. The van der Waals surface area contributed by atoms with Gasteiger partial charge < -0.3 is 4.79 Å². The van der Waals surface area contributed by atoms with Gasteiger partial charge >= 0.3 is 0 Å². The first-order valence-electron chi connectivity index (χ1n) is 9.29. The van der Waals surface area contributed by atoms with Crippen LogP contribution in [0.2, 0.25) is 0 Å². The molecule has 2 nitrogen and oxygen atoms in total. The Hall–Kier alpha value is -1.70. The maximum absolute atomic E-state index is 11.8. The van der Waals surface area contributed by atoms with E-state index in [1.165, 1.54) is 23.1 Å². The summed E-state index contributed by atoms with van der Waals surface area (Å²) in [5.41, 5.74) is 5.99. The fraction of sp³-hybridized carbons (Fsp3) is 0.545. The average molecular weight is 322 g/mol. The Morgan fingerprint density at radius 2 is 2.08 bits per heavy atom. The van der Waals surface area contributed by atoms with E-state index in [1.807, 2.05) is 6.08 Å². The summed E-state index contributed by atoms with van der Waals surface area (Å²) >= 11 is 0. The number of ketones is 1. The van der Waals surface area contributed by atoms with Gasteiger partial charge in [0, 0.05) is 18.3 Å². The first-order valence-corrected chi connectivity index (χ1v) is 9.29. The first-order chi connectivity index (χ1) is 11.5. The molecule has 0 fully saturated rings. The van der Waals surface area contributed by atoms with Crippen LogP contribution in [-0.2, 0) is 9.59 Å². The van der Waals surface area contributed by atoms with Crippen molar-refractivity contribution < 1.29 is 9.59 Å². The van der Waals surface area contributed by atoms with Crippen LogP contribution < -0.4 is 0 Å². The van der Waals surface area contributed by atoms with Crippen LogP contribution in [0.25, 0.3) is 0 Å². The summed E-state index contributed by atoms with van der Waals surface area (Å²) < 4.78 is 0. The van der Waals surface area contributed by atoms with Gasteiger partial charge in [0.2, 0.25) is 0 Å². The predicted molar refractivity (Wildman–Crippen MR) is 95.4 cm³/mol. The number of rotatable bonds is 3. The average Bonchev–Trinajstić information content (AvgIpc) is 2.91.